The molecule has 0 aliphatic carbocycles. The van der Waals surface area contributed by atoms with E-state index in [1.807, 2.05) is 24.8 Å². The molecule has 332 valence electrons. The zero-order valence-corrected chi connectivity index (χ0v) is 39.0. The fraction of sp³-hybridized carbons (Fsp3) is 0.448. The third-order valence-corrected chi connectivity index (χ3v) is 12.5. The second-order valence-corrected chi connectivity index (χ2v) is 17.7. The molecule has 0 amide bonds. The smallest absolute Gasteiger partial charge is 0.127 e. The summed E-state index contributed by atoms with van der Waals surface area (Å²) in [5, 5.41) is 0. The predicted octanol–water partition coefficient (Wildman–Crippen LogP) is 16.0. The van der Waals surface area contributed by atoms with E-state index in [9.17, 15) is 0 Å². The molecule has 5 heteroatoms. The number of aryl methyl sites for hydroxylation is 4. The van der Waals surface area contributed by atoms with Crippen molar-refractivity contribution in [3.8, 4) is 22.5 Å². The first-order valence-corrected chi connectivity index (χ1v) is 24.7. The summed E-state index contributed by atoms with van der Waals surface area (Å²) in [6.45, 7) is 9.05. The van der Waals surface area contributed by atoms with Gasteiger partial charge in [0.15, 0.2) is 0 Å². The number of ether oxygens (including phenoxy) is 1. The first-order chi connectivity index (χ1) is 31.1. The highest BCUT2D eigenvalue weighted by Gasteiger charge is 2.26. The summed E-state index contributed by atoms with van der Waals surface area (Å²) in [6, 6.07) is 35.6. The maximum atomic E-state index is 7.33. The Kier molecular flexibility index (Phi) is 20.0. The lowest BCUT2D eigenvalue weighted by molar-refractivity contribution is 0.0258. The topological polar surface area (TPSA) is 60.8 Å². The molecule has 2 aromatic heterocycles. The van der Waals surface area contributed by atoms with Crippen molar-refractivity contribution in [3.05, 3.63) is 167 Å². The molecule has 0 N–H and O–H groups in total. The monoisotopic (exact) mass is 843 g/mol. The summed E-state index contributed by atoms with van der Waals surface area (Å²) in [5.41, 5.74) is 12.9. The van der Waals surface area contributed by atoms with E-state index in [4.69, 9.17) is 24.7 Å². The van der Waals surface area contributed by atoms with E-state index in [2.05, 4.69) is 125 Å². The molecule has 0 spiro atoms. The Hall–Kier alpha value is -5.00. The summed E-state index contributed by atoms with van der Waals surface area (Å²) in [5.74, 6) is 0. The van der Waals surface area contributed by atoms with E-state index in [-0.39, 0.29) is 0 Å². The molecular formula is C58H74N4O. The molecule has 6 aromatic rings. The Morgan fingerprint density at radius 1 is 0.333 bits per heavy atom. The highest BCUT2D eigenvalue weighted by Crippen LogP contribution is 2.36. The molecule has 0 fully saturated rings. The minimum atomic E-state index is -0.490. The highest BCUT2D eigenvalue weighted by molar-refractivity contribution is 5.59. The molecule has 4 aromatic carbocycles. The maximum absolute atomic E-state index is 7.33. The van der Waals surface area contributed by atoms with E-state index in [1.54, 1.807) is 0 Å². The van der Waals surface area contributed by atoms with Crippen molar-refractivity contribution >= 4 is 0 Å². The average Bonchev–Trinajstić information content (AvgIpc) is 3.34. The Labute approximate surface area is 380 Å². The molecule has 63 heavy (non-hydrogen) atoms. The van der Waals surface area contributed by atoms with Crippen molar-refractivity contribution in [3.63, 3.8) is 0 Å². The number of nitrogens with zero attached hydrogens (tertiary/aromatic N) is 4. The summed E-state index contributed by atoms with van der Waals surface area (Å²) in [7, 11) is 0. The number of hydrogen-bond donors (Lipinski definition) is 0. The van der Waals surface area contributed by atoms with Gasteiger partial charge >= 0.3 is 0 Å². The van der Waals surface area contributed by atoms with Gasteiger partial charge in [0.2, 0.25) is 0 Å². The minimum absolute atomic E-state index is 0.490. The van der Waals surface area contributed by atoms with Crippen LogP contribution in [0.4, 0.5) is 0 Å². The third kappa shape index (κ3) is 15.1. The minimum Gasteiger partial charge on any atom is -0.353 e. The lowest BCUT2D eigenvalue weighted by Gasteiger charge is -2.25. The van der Waals surface area contributed by atoms with Crippen LogP contribution in [-0.2, 0) is 30.4 Å². The number of benzene rings is 4. The van der Waals surface area contributed by atoms with E-state index in [1.165, 1.54) is 125 Å². The van der Waals surface area contributed by atoms with Crippen LogP contribution in [0.1, 0.15) is 187 Å². The van der Waals surface area contributed by atoms with Gasteiger partial charge in [0.25, 0.3) is 0 Å². The lowest BCUT2D eigenvalue weighted by atomic mass is 9.99. The van der Waals surface area contributed by atoms with Gasteiger partial charge in [-0.15, -0.1) is 0 Å². The maximum Gasteiger partial charge on any atom is 0.127 e. The van der Waals surface area contributed by atoms with E-state index in [0.717, 1.165) is 70.7 Å². The first kappa shape index (κ1) is 47.5. The van der Waals surface area contributed by atoms with Gasteiger partial charge in [-0.1, -0.05) is 202 Å². The van der Waals surface area contributed by atoms with Crippen molar-refractivity contribution in [1.29, 1.82) is 0 Å². The van der Waals surface area contributed by atoms with Gasteiger partial charge in [0, 0.05) is 11.1 Å². The molecule has 0 saturated carbocycles. The van der Waals surface area contributed by atoms with Crippen LogP contribution in [0, 0.1) is 0 Å². The Balaban J connectivity index is 1.29. The fourth-order valence-corrected chi connectivity index (χ4v) is 8.45. The van der Waals surface area contributed by atoms with Crippen LogP contribution < -0.4 is 0 Å². The quantitative estimate of drug-likeness (QED) is 0.0461. The van der Waals surface area contributed by atoms with Gasteiger partial charge in [0.05, 0.1) is 47.6 Å². The number of aromatic nitrogens is 4. The second kappa shape index (κ2) is 26.6. The van der Waals surface area contributed by atoms with Gasteiger partial charge in [-0.25, -0.2) is 0 Å². The highest BCUT2D eigenvalue weighted by atomic mass is 16.5. The van der Waals surface area contributed by atoms with Crippen LogP contribution in [-0.4, -0.2) is 19.9 Å². The molecule has 6 rings (SSSR count). The van der Waals surface area contributed by atoms with Gasteiger partial charge in [-0.05, 0) is 84.7 Å². The summed E-state index contributed by atoms with van der Waals surface area (Å²) in [6.07, 6.45) is 31.1. The molecule has 0 aliphatic heterocycles. The van der Waals surface area contributed by atoms with Crippen LogP contribution in [0.25, 0.3) is 22.5 Å². The van der Waals surface area contributed by atoms with Crippen molar-refractivity contribution < 1.29 is 4.74 Å². The van der Waals surface area contributed by atoms with Crippen molar-refractivity contribution in [2.75, 3.05) is 0 Å². The molecule has 2 heterocycles. The number of unbranched alkanes of at least 4 members (excludes halogenated alkanes) is 12. The van der Waals surface area contributed by atoms with Gasteiger partial charge in [0.1, 0.15) is 12.2 Å². The average molecular weight is 843 g/mol. The second-order valence-electron chi connectivity index (χ2n) is 17.7. The molecule has 0 radical (unpaired) electrons. The van der Waals surface area contributed by atoms with Crippen LogP contribution in [0.3, 0.4) is 0 Å². The predicted molar refractivity (Wildman–Crippen MR) is 264 cm³/mol. The molecule has 2 unspecified atom stereocenters. The molecular weight excluding hydrogens is 769 g/mol. The Bertz CT molecular complexity index is 1970. The van der Waals surface area contributed by atoms with Crippen LogP contribution >= 0.6 is 0 Å². The standard InChI is InChI=1S/C58H74N4O/c1-5-9-13-17-21-45-25-33-49(34-26-45)53-41-61-55(43-59-53)57(51-37-29-47(30-38-51)23-19-15-11-7-3)63-58(52-39-31-48(32-40-52)24-20-16-12-8-4)56-44-60-54(42-62-56)50-35-27-46(28-36-50)22-18-14-10-6-2/h25-44,57-58H,5-24H2,1-4H3. The van der Waals surface area contributed by atoms with Gasteiger partial charge < -0.3 is 4.74 Å². The molecule has 2 atom stereocenters. The molecule has 0 saturated heterocycles. The summed E-state index contributed by atoms with van der Waals surface area (Å²) >= 11 is 0. The van der Waals surface area contributed by atoms with E-state index >= 15 is 0 Å². The van der Waals surface area contributed by atoms with Crippen LogP contribution in [0.2, 0.25) is 0 Å². The molecule has 0 bridgehead atoms. The van der Waals surface area contributed by atoms with Crippen molar-refractivity contribution in [1.82, 2.24) is 19.9 Å². The Morgan fingerprint density at radius 3 is 0.905 bits per heavy atom. The Morgan fingerprint density at radius 2 is 0.635 bits per heavy atom. The first-order valence-electron chi connectivity index (χ1n) is 24.7. The zero-order valence-electron chi connectivity index (χ0n) is 39.0. The number of hydrogen-bond acceptors (Lipinski definition) is 5. The number of rotatable bonds is 28. The zero-order chi connectivity index (χ0) is 43.9. The van der Waals surface area contributed by atoms with Crippen molar-refractivity contribution in [2.45, 2.75) is 168 Å². The summed E-state index contributed by atoms with van der Waals surface area (Å²) < 4.78 is 7.33. The fourth-order valence-electron chi connectivity index (χ4n) is 8.45. The molecule has 5 nitrogen and oxygen atoms in total. The van der Waals surface area contributed by atoms with Crippen molar-refractivity contribution in [2.24, 2.45) is 0 Å². The normalized spacial score (nSPS) is 12.4. The molecule has 0 aliphatic rings. The van der Waals surface area contributed by atoms with Crippen LogP contribution in [0.15, 0.2) is 122 Å². The lowest BCUT2D eigenvalue weighted by Crippen LogP contribution is -2.16. The SMILES string of the molecule is CCCCCCc1ccc(-c2cnc(C(OC(c3ccc(CCCCCC)cc3)c3cnc(-c4ccc(CCCCCC)cc4)cn3)c3ccc(CCCCCC)cc3)cn2)cc1. The summed E-state index contributed by atoms with van der Waals surface area (Å²) in [4.78, 5) is 20.2. The van der Waals surface area contributed by atoms with E-state index in [0.29, 0.717) is 0 Å². The van der Waals surface area contributed by atoms with Gasteiger partial charge in [-0.3, -0.25) is 19.9 Å². The van der Waals surface area contributed by atoms with E-state index < -0.39 is 12.2 Å². The third-order valence-electron chi connectivity index (χ3n) is 12.5. The largest absolute Gasteiger partial charge is 0.353 e. The van der Waals surface area contributed by atoms with Gasteiger partial charge in [-0.2, -0.15) is 0 Å². The van der Waals surface area contributed by atoms with Crippen LogP contribution in [0.5, 0.6) is 0 Å².